The first-order valence-electron chi connectivity index (χ1n) is 3.98. The minimum Gasteiger partial charge on any atom is -0.303 e. The Morgan fingerprint density at radius 3 is 2.50 bits per heavy atom. The second-order valence-corrected chi connectivity index (χ2v) is 3.19. The van der Waals surface area contributed by atoms with Crippen LogP contribution in [0.4, 0.5) is 0 Å². The highest BCUT2D eigenvalue weighted by molar-refractivity contribution is 6.18. The van der Waals surface area contributed by atoms with Crippen molar-refractivity contribution in [2.24, 2.45) is 0 Å². The van der Waals surface area contributed by atoms with Gasteiger partial charge in [0.05, 0.1) is 0 Å². The minimum absolute atomic E-state index is 0.684. The smallest absolute Gasteiger partial charge is 0.0351 e. The van der Waals surface area contributed by atoms with Crippen molar-refractivity contribution in [3.05, 3.63) is 0 Å². The summed E-state index contributed by atoms with van der Waals surface area (Å²) in [5.74, 6) is 0.741. The van der Waals surface area contributed by atoms with Gasteiger partial charge >= 0.3 is 0 Å². The molecule has 10 heavy (non-hydrogen) atoms. The molecule has 0 amide bonds. The van der Waals surface area contributed by atoms with Crippen molar-refractivity contribution < 1.29 is 0 Å². The molecule has 0 spiro atoms. The highest BCUT2D eigenvalue weighted by atomic mass is 35.5. The van der Waals surface area contributed by atoms with Crippen molar-refractivity contribution in [3.63, 3.8) is 0 Å². The Bertz CT molecular complexity index is 65.7. The van der Waals surface area contributed by atoms with E-state index in [4.69, 9.17) is 11.6 Å². The molecule has 0 saturated heterocycles. The molecule has 0 fully saturated rings. The standard InChI is InChI=1S/C8H18ClN/c1-4-5-8(2)10(3)7-6-9/h8H,4-7H2,1-3H3. The molecule has 0 aromatic heterocycles. The zero-order valence-corrected chi connectivity index (χ0v) is 7.99. The van der Waals surface area contributed by atoms with E-state index in [1.165, 1.54) is 12.8 Å². The molecule has 0 aliphatic heterocycles. The van der Waals surface area contributed by atoms with E-state index in [9.17, 15) is 0 Å². The fourth-order valence-corrected chi connectivity index (χ4v) is 1.26. The molecule has 1 nitrogen and oxygen atoms in total. The molecule has 62 valence electrons. The van der Waals surface area contributed by atoms with Crippen LogP contribution in [0.5, 0.6) is 0 Å². The predicted octanol–water partition coefficient (Wildman–Crippen LogP) is 2.35. The molecule has 2 heteroatoms. The van der Waals surface area contributed by atoms with Gasteiger partial charge in [-0.1, -0.05) is 13.3 Å². The molecule has 1 unspecified atom stereocenters. The quantitative estimate of drug-likeness (QED) is 0.563. The largest absolute Gasteiger partial charge is 0.303 e. The molecule has 0 aromatic rings. The maximum atomic E-state index is 5.60. The topological polar surface area (TPSA) is 3.24 Å². The first-order chi connectivity index (χ1) is 4.72. The number of halogens is 1. The first kappa shape index (κ1) is 10.2. The van der Waals surface area contributed by atoms with Crippen molar-refractivity contribution >= 4 is 11.6 Å². The molecular formula is C8H18ClN. The highest BCUT2D eigenvalue weighted by Gasteiger charge is 2.05. The van der Waals surface area contributed by atoms with Gasteiger partial charge in [-0.3, -0.25) is 0 Å². The molecule has 0 heterocycles. The average molecular weight is 164 g/mol. The van der Waals surface area contributed by atoms with E-state index in [0.717, 1.165) is 12.4 Å². The summed E-state index contributed by atoms with van der Waals surface area (Å²) in [5, 5.41) is 0. The zero-order valence-electron chi connectivity index (χ0n) is 7.23. The van der Waals surface area contributed by atoms with E-state index < -0.39 is 0 Å². The third-order valence-electron chi connectivity index (χ3n) is 1.90. The Kier molecular flexibility index (Phi) is 6.14. The first-order valence-corrected chi connectivity index (χ1v) is 4.52. The van der Waals surface area contributed by atoms with Crippen LogP contribution in [0, 0.1) is 0 Å². The van der Waals surface area contributed by atoms with Crippen molar-refractivity contribution in [2.45, 2.75) is 32.7 Å². The molecule has 0 radical (unpaired) electrons. The van der Waals surface area contributed by atoms with Crippen LogP contribution in [-0.2, 0) is 0 Å². The van der Waals surface area contributed by atoms with Crippen LogP contribution in [-0.4, -0.2) is 30.4 Å². The van der Waals surface area contributed by atoms with Gasteiger partial charge in [0, 0.05) is 18.5 Å². The molecule has 0 aliphatic rings. The normalized spacial score (nSPS) is 14.1. The summed E-state index contributed by atoms with van der Waals surface area (Å²) in [5.41, 5.74) is 0. The second-order valence-electron chi connectivity index (χ2n) is 2.81. The van der Waals surface area contributed by atoms with Crippen molar-refractivity contribution in [1.29, 1.82) is 0 Å². The van der Waals surface area contributed by atoms with Crippen LogP contribution in [0.25, 0.3) is 0 Å². The van der Waals surface area contributed by atoms with Gasteiger partial charge in [0.2, 0.25) is 0 Å². The number of nitrogens with zero attached hydrogens (tertiary/aromatic N) is 1. The summed E-state index contributed by atoms with van der Waals surface area (Å²) in [6, 6.07) is 0.684. The van der Waals surface area contributed by atoms with E-state index in [-0.39, 0.29) is 0 Å². The maximum Gasteiger partial charge on any atom is 0.0351 e. The Morgan fingerprint density at radius 2 is 2.10 bits per heavy atom. The van der Waals surface area contributed by atoms with Gasteiger partial charge in [-0.2, -0.15) is 0 Å². The van der Waals surface area contributed by atoms with Gasteiger partial charge in [-0.25, -0.2) is 0 Å². The van der Waals surface area contributed by atoms with E-state index in [0.29, 0.717) is 6.04 Å². The lowest BCUT2D eigenvalue weighted by Gasteiger charge is -2.22. The lowest BCUT2D eigenvalue weighted by atomic mass is 10.2. The van der Waals surface area contributed by atoms with Crippen LogP contribution in [0.3, 0.4) is 0 Å². The van der Waals surface area contributed by atoms with E-state index >= 15 is 0 Å². The number of hydrogen-bond acceptors (Lipinski definition) is 1. The van der Waals surface area contributed by atoms with Crippen molar-refractivity contribution in [3.8, 4) is 0 Å². The average Bonchev–Trinajstić information content (AvgIpc) is 1.89. The van der Waals surface area contributed by atoms with Crippen molar-refractivity contribution in [1.82, 2.24) is 4.90 Å². The van der Waals surface area contributed by atoms with Crippen LogP contribution >= 0.6 is 11.6 Å². The predicted molar refractivity (Wildman–Crippen MR) is 47.7 cm³/mol. The monoisotopic (exact) mass is 163 g/mol. The minimum atomic E-state index is 0.684. The fraction of sp³-hybridized carbons (Fsp3) is 1.00. The lowest BCUT2D eigenvalue weighted by Crippen LogP contribution is -2.30. The van der Waals surface area contributed by atoms with Crippen LogP contribution < -0.4 is 0 Å². The Labute approximate surface area is 69.4 Å². The summed E-state index contributed by atoms with van der Waals surface area (Å²) >= 11 is 5.60. The summed E-state index contributed by atoms with van der Waals surface area (Å²) in [7, 11) is 2.13. The molecule has 0 aliphatic carbocycles. The van der Waals surface area contributed by atoms with E-state index in [2.05, 4.69) is 25.8 Å². The fourth-order valence-electron chi connectivity index (χ4n) is 0.992. The lowest BCUT2D eigenvalue weighted by molar-refractivity contribution is 0.259. The zero-order chi connectivity index (χ0) is 7.98. The molecular weight excluding hydrogens is 146 g/mol. The summed E-state index contributed by atoms with van der Waals surface area (Å²) in [6.07, 6.45) is 2.53. The van der Waals surface area contributed by atoms with Gasteiger partial charge in [-0.05, 0) is 20.4 Å². The molecule has 0 saturated carbocycles. The molecule has 0 aromatic carbocycles. The Morgan fingerprint density at radius 1 is 1.50 bits per heavy atom. The van der Waals surface area contributed by atoms with Crippen LogP contribution in [0.2, 0.25) is 0 Å². The number of alkyl halides is 1. The highest BCUT2D eigenvalue weighted by Crippen LogP contribution is 2.02. The summed E-state index contributed by atoms with van der Waals surface area (Å²) in [4.78, 5) is 2.30. The third-order valence-corrected chi connectivity index (χ3v) is 2.07. The second kappa shape index (κ2) is 5.99. The maximum absolute atomic E-state index is 5.60. The van der Waals surface area contributed by atoms with Crippen molar-refractivity contribution in [2.75, 3.05) is 19.5 Å². The summed E-state index contributed by atoms with van der Waals surface area (Å²) < 4.78 is 0. The van der Waals surface area contributed by atoms with Crippen LogP contribution in [0.1, 0.15) is 26.7 Å². The molecule has 1 atom stereocenters. The van der Waals surface area contributed by atoms with Gasteiger partial charge in [0.15, 0.2) is 0 Å². The van der Waals surface area contributed by atoms with Gasteiger partial charge in [0.25, 0.3) is 0 Å². The van der Waals surface area contributed by atoms with Gasteiger partial charge in [-0.15, -0.1) is 11.6 Å². The molecule has 0 rings (SSSR count). The van der Waals surface area contributed by atoms with Gasteiger partial charge < -0.3 is 4.90 Å². The third kappa shape index (κ3) is 4.13. The van der Waals surface area contributed by atoms with Crippen LogP contribution in [0.15, 0.2) is 0 Å². The molecule has 0 bridgehead atoms. The SMILES string of the molecule is CCCC(C)N(C)CCCl. The van der Waals surface area contributed by atoms with Gasteiger partial charge in [0.1, 0.15) is 0 Å². The number of rotatable bonds is 5. The Balaban J connectivity index is 3.38. The molecule has 0 N–H and O–H groups in total. The van der Waals surface area contributed by atoms with E-state index in [1.54, 1.807) is 0 Å². The number of hydrogen-bond donors (Lipinski definition) is 0. The Hall–Kier alpha value is 0.250. The van der Waals surface area contributed by atoms with E-state index in [1.807, 2.05) is 0 Å². The summed E-state index contributed by atoms with van der Waals surface area (Å²) in [6.45, 7) is 5.46.